The average molecular weight is 377 g/mol. The van der Waals surface area contributed by atoms with E-state index in [-0.39, 0.29) is 19.6 Å². The number of aromatic nitrogens is 4. The summed E-state index contributed by atoms with van der Waals surface area (Å²) in [6.07, 6.45) is 1.83. The molecule has 27 heavy (non-hydrogen) atoms. The van der Waals surface area contributed by atoms with Crippen molar-refractivity contribution in [2.45, 2.75) is 46.6 Å². The molecule has 0 aliphatic heterocycles. The van der Waals surface area contributed by atoms with Crippen LogP contribution in [0.15, 0.2) is 6.33 Å². The van der Waals surface area contributed by atoms with Gasteiger partial charge < -0.3 is 14.8 Å². The number of amides is 1. The number of hydrogen-bond acceptors (Lipinski definition) is 8. The quantitative estimate of drug-likeness (QED) is 0.514. The first-order chi connectivity index (χ1) is 12.9. The number of nitrogens with one attached hydrogen (secondary N) is 1. The lowest BCUT2D eigenvalue weighted by atomic mass is 10.1. The number of carbonyl (C=O) groups excluding carboxylic acids is 3. The van der Waals surface area contributed by atoms with Gasteiger partial charge in [-0.05, 0) is 39.7 Å². The van der Waals surface area contributed by atoms with Gasteiger partial charge >= 0.3 is 11.9 Å². The minimum Gasteiger partial charge on any atom is -0.464 e. The van der Waals surface area contributed by atoms with Gasteiger partial charge in [0, 0.05) is 17.8 Å². The highest BCUT2D eigenvalue weighted by atomic mass is 16.6. The second-order valence-corrected chi connectivity index (χ2v) is 5.74. The highest BCUT2D eigenvalue weighted by molar-refractivity contribution is 6.02. The summed E-state index contributed by atoms with van der Waals surface area (Å²) < 4.78 is 11.3. The predicted octanol–water partition coefficient (Wildman–Crippen LogP) is 0.285. The Bertz CT molecular complexity index is 830. The minimum absolute atomic E-state index is 0.0544. The Hall–Kier alpha value is -3.04. The van der Waals surface area contributed by atoms with Crippen LogP contribution in [0.4, 0.5) is 0 Å². The van der Waals surface area contributed by atoms with E-state index in [2.05, 4.69) is 20.4 Å². The van der Waals surface area contributed by atoms with Gasteiger partial charge in [0.1, 0.15) is 6.33 Å². The van der Waals surface area contributed by atoms with Crippen molar-refractivity contribution in [3.05, 3.63) is 23.3 Å². The lowest BCUT2D eigenvalue weighted by Gasteiger charge is -2.16. The molecular weight excluding hydrogens is 354 g/mol. The summed E-state index contributed by atoms with van der Waals surface area (Å²) >= 11 is 0. The van der Waals surface area contributed by atoms with Crippen LogP contribution in [0.1, 0.15) is 37.2 Å². The third-order valence-corrected chi connectivity index (χ3v) is 3.94. The summed E-state index contributed by atoms with van der Waals surface area (Å²) in [4.78, 5) is 44.6. The van der Waals surface area contributed by atoms with Crippen LogP contribution < -0.4 is 5.32 Å². The van der Waals surface area contributed by atoms with E-state index >= 15 is 0 Å². The van der Waals surface area contributed by atoms with Crippen molar-refractivity contribution < 1.29 is 23.9 Å². The average Bonchev–Trinajstić information content (AvgIpc) is 3.08. The second-order valence-electron chi connectivity index (χ2n) is 5.74. The molecule has 10 nitrogen and oxygen atoms in total. The zero-order valence-electron chi connectivity index (χ0n) is 15.8. The number of fused-ring (bicyclic) bond motifs is 1. The van der Waals surface area contributed by atoms with Gasteiger partial charge in [0.25, 0.3) is 5.78 Å². The Labute approximate surface area is 156 Å². The Balaban J connectivity index is 2.07. The summed E-state index contributed by atoms with van der Waals surface area (Å²) in [6.45, 7) is 7.10. The Morgan fingerprint density at radius 1 is 1.15 bits per heavy atom. The van der Waals surface area contributed by atoms with E-state index in [1.807, 2.05) is 13.8 Å². The van der Waals surface area contributed by atoms with Gasteiger partial charge in [-0.2, -0.15) is 10.1 Å². The summed E-state index contributed by atoms with van der Waals surface area (Å²) in [5, 5.41) is 6.49. The minimum atomic E-state index is -1.48. The molecule has 0 unspecified atom stereocenters. The molecule has 2 aromatic rings. The molecule has 2 rings (SSSR count). The standard InChI is InChI=1S/C17H23N5O5/c1-5-26-15(24)14(16(25)27-6-2)21-13(23)8-7-12-10(3)20-17-18-9-19-22(17)11(12)4/h9,14H,5-8H2,1-4H3,(H,21,23). The fourth-order valence-corrected chi connectivity index (χ4v) is 2.65. The van der Waals surface area contributed by atoms with E-state index in [0.717, 1.165) is 17.0 Å². The highest BCUT2D eigenvalue weighted by Crippen LogP contribution is 2.15. The molecule has 0 aromatic carbocycles. The molecule has 2 aromatic heterocycles. The van der Waals surface area contributed by atoms with Crippen LogP contribution >= 0.6 is 0 Å². The van der Waals surface area contributed by atoms with E-state index in [1.54, 1.807) is 18.4 Å². The first-order valence-electron chi connectivity index (χ1n) is 8.67. The van der Waals surface area contributed by atoms with E-state index in [4.69, 9.17) is 9.47 Å². The molecule has 10 heteroatoms. The van der Waals surface area contributed by atoms with E-state index in [0.29, 0.717) is 12.2 Å². The predicted molar refractivity (Wildman–Crippen MR) is 93.8 cm³/mol. The molecule has 1 N–H and O–H groups in total. The van der Waals surface area contributed by atoms with Crippen molar-refractivity contribution in [1.82, 2.24) is 24.9 Å². The summed E-state index contributed by atoms with van der Waals surface area (Å²) in [6, 6.07) is -1.48. The number of carbonyl (C=O) groups is 3. The molecule has 0 radical (unpaired) electrons. The van der Waals surface area contributed by atoms with Gasteiger partial charge in [0.2, 0.25) is 11.9 Å². The van der Waals surface area contributed by atoms with E-state index in [9.17, 15) is 14.4 Å². The maximum Gasteiger partial charge on any atom is 0.340 e. The van der Waals surface area contributed by atoms with Crippen LogP contribution in [0.3, 0.4) is 0 Å². The third-order valence-electron chi connectivity index (χ3n) is 3.94. The lowest BCUT2D eigenvalue weighted by Crippen LogP contribution is -2.48. The Kier molecular flexibility index (Phi) is 6.80. The SMILES string of the molecule is CCOC(=O)C(NC(=O)CCc1c(C)nc2ncnn2c1C)C(=O)OCC. The van der Waals surface area contributed by atoms with E-state index < -0.39 is 23.9 Å². The molecule has 1 amide bonds. The number of hydrogen-bond donors (Lipinski definition) is 1. The molecule has 0 spiro atoms. The van der Waals surface area contributed by atoms with Crippen molar-refractivity contribution >= 4 is 23.6 Å². The van der Waals surface area contributed by atoms with Gasteiger partial charge in [-0.25, -0.2) is 19.1 Å². The molecule has 0 fully saturated rings. The van der Waals surface area contributed by atoms with Crippen LogP contribution in [0.5, 0.6) is 0 Å². The van der Waals surface area contributed by atoms with Crippen LogP contribution in [0, 0.1) is 13.8 Å². The molecule has 146 valence electrons. The number of aryl methyl sites for hydroxylation is 2. The maximum absolute atomic E-state index is 12.3. The van der Waals surface area contributed by atoms with Gasteiger partial charge in [0.15, 0.2) is 0 Å². The summed E-state index contributed by atoms with van der Waals surface area (Å²) in [7, 11) is 0. The molecule has 0 bridgehead atoms. The monoisotopic (exact) mass is 377 g/mol. The van der Waals surface area contributed by atoms with Crippen molar-refractivity contribution in [1.29, 1.82) is 0 Å². The molecule has 0 saturated carbocycles. The van der Waals surface area contributed by atoms with Gasteiger partial charge in [-0.1, -0.05) is 0 Å². The first-order valence-corrected chi connectivity index (χ1v) is 8.67. The number of nitrogens with zero attached hydrogens (tertiary/aromatic N) is 4. The molecule has 2 heterocycles. The van der Waals surface area contributed by atoms with Gasteiger partial charge in [-0.3, -0.25) is 4.79 Å². The third kappa shape index (κ3) is 4.78. The summed E-state index contributed by atoms with van der Waals surface area (Å²) in [5.74, 6) is -1.67. The largest absolute Gasteiger partial charge is 0.464 e. The normalized spacial score (nSPS) is 10.9. The van der Waals surface area contributed by atoms with Crippen LogP contribution in [-0.2, 0) is 30.3 Å². The maximum atomic E-state index is 12.3. The smallest absolute Gasteiger partial charge is 0.340 e. The second kappa shape index (κ2) is 9.06. The molecule has 0 aliphatic carbocycles. The zero-order valence-corrected chi connectivity index (χ0v) is 15.8. The Morgan fingerprint density at radius 2 is 1.78 bits per heavy atom. The first kappa shape index (κ1) is 20.3. The van der Waals surface area contributed by atoms with Gasteiger partial charge in [0.05, 0.1) is 13.2 Å². The van der Waals surface area contributed by atoms with Crippen molar-refractivity contribution in [2.75, 3.05) is 13.2 Å². The number of rotatable bonds is 8. The fourth-order valence-electron chi connectivity index (χ4n) is 2.65. The molecule has 0 aliphatic rings. The van der Waals surface area contributed by atoms with E-state index in [1.165, 1.54) is 6.33 Å². The summed E-state index contributed by atoms with van der Waals surface area (Å²) in [5.41, 5.74) is 2.43. The van der Waals surface area contributed by atoms with Crippen molar-refractivity contribution in [3.8, 4) is 0 Å². The van der Waals surface area contributed by atoms with Crippen LogP contribution in [0.2, 0.25) is 0 Å². The lowest BCUT2D eigenvalue weighted by molar-refractivity contribution is -0.159. The highest BCUT2D eigenvalue weighted by Gasteiger charge is 2.31. The van der Waals surface area contributed by atoms with Crippen molar-refractivity contribution in [2.24, 2.45) is 0 Å². The fraction of sp³-hybridized carbons (Fsp3) is 0.529. The van der Waals surface area contributed by atoms with Gasteiger partial charge in [-0.15, -0.1) is 0 Å². The number of esters is 2. The molecular formula is C17H23N5O5. The van der Waals surface area contributed by atoms with Crippen LogP contribution in [-0.4, -0.2) is 56.7 Å². The molecule has 0 atom stereocenters. The van der Waals surface area contributed by atoms with Crippen molar-refractivity contribution in [3.63, 3.8) is 0 Å². The topological polar surface area (TPSA) is 125 Å². The zero-order chi connectivity index (χ0) is 20.0. The number of ether oxygens (including phenoxy) is 2. The van der Waals surface area contributed by atoms with Crippen LogP contribution in [0.25, 0.3) is 5.78 Å². The molecule has 0 saturated heterocycles. The Morgan fingerprint density at radius 3 is 2.37 bits per heavy atom.